The van der Waals surface area contributed by atoms with Crippen LogP contribution in [0.2, 0.25) is 0 Å². The highest BCUT2D eigenvalue weighted by atomic mass is 16.3. The van der Waals surface area contributed by atoms with Gasteiger partial charge in [0.15, 0.2) is 5.58 Å². The summed E-state index contributed by atoms with van der Waals surface area (Å²) in [6.45, 7) is 20.0. The minimum absolute atomic E-state index is 0.0233. The Labute approximate surface area is 238 Å². The quantitative estimate of drug-likeness (QED) is 0.251. The van der Waals surface area contributed by atoms with E-state index in [1.807, 2.05) is 18.3 Å². The maximum Gasteiger partial charge on any atom is 0.231 e. The molecule has 4 nitrogen and oxygen atoms in total. The Bertz CT molecular complexity index is 1710. The fraction of sp³-hybridized carbons (Fsp3) is 0.333. The number of aromatic hydroxyl groups is 1. The minimum atomic E-state index is -0.0994. The van der Waals surface area contributed by atoms with Crippen LogP contribution in [0.5, 0.6) is 5.75 Å². The molecule has 0 spiro atoms. The number of phenols is 1. The minimum Gasteiger partial charge on any atom is -0.507 e. The number of hydrogen-bond acceptors (Lipinski definition) is 4. The van der Waals surface area contributed by atoms with Crippen LogP contribution in [-0.2, 0) is 16.2 Å². The molecule has 0 saturated heterocycles. The van der Waals surface area contributed by atoms with Gasteiger partial charge in [0.1, 0.15) is 11.3 Å². The van der Waals surface area contributed by atoms with Crippen molar-refractivity contribution in [2.24, 2.45) is 0 Å². The largest absolute Gasteiger partial charge is 0.507 e. The molecule has 3 aromatic carbocycles. The summed E-state index contributed by atoms with van der Waals surface area (Å²) in [5, 5.41) is 10.5. The van der Waals surface area contributed by atoms with Crippen molar-refractivity contribution in [2.75, 3.05) is 0 Å². The molecule has 0 aliphatic rings. The molecule has 2 aromatic heterocycles. The van der Waals surface area contributed by atoms with Crippen molar-refractivity contribution in [3.63, 3.8) is 0 Å². The lowest BCUT2D eigenvalue weighted by Gasteiger charge is -2.23. The Hall–Kier alpha value is -3.92. The van der Waals surface area contributed by atoms with Crippen LogP contribution in [0.1, 0.15) is 79.0 Å². The molecule has 40 heavy (non-hydrogen) atoms. The molecule has 0 aliphatic carbocycles. The van der Waals surface area contributed by atoms with Crippen LogP contribution in [0.3, 0.4) is 0 Å². The molecule has 206 valence electrons. The molecule has 4 heteroatoms. The number of phenolic OH excluding ortho intramolecular Hbond substituents is 1. The molecule has 0 saturated carbocycles. The van der Waals surface area contributed by atoms with Crippen molar-refractivity contribution in [3.8, 4) is 39.6 Å². The number of oxazole rings is 1. The molecule has 5 rings (SSSR count). The van der Waals surface area contributed by atoms with Crippen LogP contribution in [0.4, 0.5) is 0 Å². The van der Waals surface area contributed by atoms with Gasteiger partial charge in [-0.1, -0.05) is 80.5 Å². The third-order valence-corrected chi connectivity index (χ3v) is 7.53. The second-order valence-corrected chi connectivity index (χ2v) is 13.9. The third-order valence-electron chi connectivity index (χ3n) is 7.53. The SMILES string of the molecule is CC(C)(C)c1cc(-c2cc(C(C)(C)C)ccn2)cc(-c2cc(C(C)(C)C)cc3oc(-c4ccccc4O)nc23)c1. The maximum atomic E-state index is 10.5. The van der Waals surface area contributed by atoms with Gasteiger partial charge in [-0.15, -0.1) is 0 Å². The molecular weight excluding hydrogens is 492 g/mol. The number of benzene rings is 3. The van der Waals surface area contributed by atoms with Gasteiger partial charge in [0.2, 0.25) is 5.89 Å². The van der Waals surface area contributed by atoms with Gasteiger partial charge in [-0.2, -0.15) is 0 Å². The van der Waals surface area contributed by atoms with Gasteiger partial charge in [-0.3, -0.25) is 4.98 Å². The molecule has 0 unspecified atom stereocenters. The average Bonchev–Trinajstić information content (AvgIpc) is 3.31. The zero-order valence-electron chi connectivity index (χ0n) is 25.2. The summed E-state index contributed by atoms with van der Waals surface area (Å²) >= 11 is 0. The predicted octanol–water partition coefficient (Wildman–Crippen LogP) is 9.82. The Morgan fingerprint density at radius 1 is 0.625 bits per heavy atom. The first-order chi connectivity index (χ1) is 18.6. The summed E-state index contributed by atoms with van der Waals surface area (Å²) in [5.41, 5.74) is 9.65. The topological polar surface area (TPSA) is 59.2 Å². The van der Waals surface area contributed by atoms with Gasteiger partial charge in [0.25, 0.3) is 0 Å². The number of aromatic nitrogens is 2. The Kier molecular flexibility index (Phi) is 6.65. The highest BCUT2D eigenvalue weighted by Gasteiger charge is 2.24. The molecule has 0 radical (unpaired) electrons. The van der Waals surface area contributed by atoms with Crippen LogP contribution in [0.15, 0.2) is 77.3 Å². The summed E-state index contributed by atoms with van der Waals surface area (Å²) in [6.07, 6.45) is 1.91. The van der Waals surface area contributed by atoms with Gasteiger partial charge >= 0.3 is 0 Å². The van der Waals surface area contributed by atoms with E-state index in [1.54, 1.807) is 12.1 Å². The van der Waals surface area contributed by atoms with E-state index >= 15 is 0 Å². The summed E-state index contributed by atoms with van der Waals surface area (Å²) in [5.74, 6) is 0.556. The molecule has 0 fully saturated rings. The zero-order valence-corrected chi connectivity index (χ0v) is 25.2. The number of hydrogen-bond donors (Lipinski definition) is 1. The van der Waals surface area contributed by atoms with Crippen LogP contribution in [0.25, 0.3) is 44.9 Å². The number of pyridine rings is 1. The number of fused-ring (bicyclic) bond motifs is 1. The monoisotopic (exact) mass is 532 g/mol. The predicted molar refractivity (Wildman–Crippen MR) is 166 cm³/mol. The Balaban J connectivity index is 1.80. The van der Waals surface area contributed by atoms with Gasteiger partial charge in [0.05, 0.1) is 11.3 Å². The lowest BCUT2D eigenvalue weighted by molar-refractivity contribution is 0.474. The summed E-state index contributed by atoms with van der Waals surface area (Å²) in [6, 6.07) is 22.5. The van der Waals surface area contributed by atoms with Gasteiger partial charge in [0, 0.05) is 17.3 Å². The van der Waals surface area contributed by atoms with Crippen molar-refractivity contribution in [2.45, 2.75) is 78.6 Å². The number of nitrogens with zero attached hydrogens (tertiary/aromatic N) is 2. The van der Waals surface area contributed by atoms with E-state index < -0.39 is 0 Å². The Morgan fingerprint density at radius 3 is 1.90 bits per heavy atom. The van der Waals surface area contributed by atoms with Gasteiger partial charge < -0.3 is 9.52 Å². The molecule has 2 heterocycles. The van der Waals surface area contributed by atoms with Gasteiger partial charge in [-0.25, -0.2) is 4.98 Å². The van der Waals surface area contributed by atoms with E-state index in [1.165, 1.54) is 11.1 Å². The average molecular weight is 533 g/mol. The highest BCUT2D eigenvalue weighted by molar-refractivity contribution is 5.94. The third kappa shape index (κ3) is 5.40. The first-order valence-corrected chi connectivity index (χ1v) is 14.0. The van der Waals surface area contributed by atoms with Crippen LogP contribution in [0, 0.1) is 0 Å². The zero-order chi connectivity index (χ0) is 29.0. The van der Waals surface area contributed by atoms with E-state index in [-0.39, 0.29) is 22.0 Å². The van der Waals surface area contributed by atoms with Crippen molar-refractivity contribution >= 4 is 11.1 Å². The van der Waals surface area contributed by atoms with Crippen LogP contribution < -0.4 is 0 Å². The maximum absolute atomic E-state index is 10.5. The van der Waals surface area contributed by atoms with Crippen molar-refractivity contribution in [1.29, 1.82) is 0 Å². The second kappa shape index (κ2) is 9.62. The van der Waals surface area contributed by atoms with Crippen LogP contribution in [-0.4, -0.2) is 15.1 Å². The summed E-state index contributed by atoms with van der Waals surface area (Å²) < 4.78 is 6.32. The number of para-hydroxylation sites is 1. The van der Waals surface area contributed by atoms with E-state index in [4.69, 9.17) is 14.4 Å². The molecule has 1 N–H and O–H groups in total. The summed E-state index contributed by atoms with van der Waals surface area (Å²) in [4.78, 5) is 9.73. The first-order valence-electron chi connectivity index (χ1n) is 14.0. The van der Waals surface area contributed by atoms with Crippen molar-refractivity contribution in [1.82, 2.24) is 9.97 Å². The molecule has 0 bridgehead atoms. The number of rotatable bonds is 3. The van der Waals surface area contributed by atoms with Crippen molar-refractivity contribution in [3.05, 3.63) is 89.6 Å². The normalized spacial score (nSPS) is 12.7. The Morgan fingerprint density at radius 2 is 1.25 bits per heavy atom. The lowest BCUT2D eigenvalue weighted by atomic mass is 9.81. The molecule has 0 atom stereocenters. The lowest BCUT2D eigenvalue weighted by Crippen LogP contribution is -2.13. The fourth-order valence-corrected chi connectivity index (χ4v) is 4.87. The van der Waals surface area contributed by atoms with E-state index in [0.717, 1.165) is 33.5 Å². The molecular formula is C36H40N2O2. The smallest absolute Gasteiger partial charge is 0.231 e. The highest BCUT2D eigenvalue weighted by Crippen LogP contribution is 2.41. The fourth-order valence-electron chi connectivity index (χ4n) is 4.87. The standard InChI is InChI=1S/C36H40N2O2/c1-34(2,3)24-14-15-37-29(20-24)23-16-22(17-25(18-23)35(4,5)6)28-19-26(36(7,8)9)21-31-32(28)38-33(40-31)27-12-10-11-13-30(27)39/h10-21,39H,1-9H3. The second-order valence-electron chi connectivity index (χ2n) is 13.9. The molecule has 5 aromatic rings. The molecule has 0 aliphatic heterocycles. The molecule has 0 amide bonds. The van der Waals surface area contributed by atoms with Crippen molar-refractivity contribution < 1.29 is 9.52 Å². The van der Waals surface area contributed by atoms with E-state index in [9.17, 15) is 5.11 Å². The van der Waals surface area contributed by atoms with E-state index in [2.05, 4.69) is 105 Å². The van der Waals surface area contributed by atoms with Gasteiger partial charge in [-0.05, 0) is 87.0 Å². The van der Waals surface area contributed by atoms with Crippen LogP contribution >= 0.6 is 0 Å². The summed E-state index contributed by atoms with van der Waals surface area (Å²) in [7, 11) is 0. The van der Waals surface area contributed by atoms with E-state index in [0.29, 0.717) is 17.0 Å². The first kappa shape index (κ1) is 27.6.